The number of thiazole rings is 1. The summed E-state index contributed by atoms with van der Waals surface area (Å²) in [6, 6.07) is 14.0. The number of pyridine rings is 1. The van der Waals surface area contributed by atoms with Gasteiger partial charge in [0, 0.05) is 61.3 Å². The highest BCUT2D eigenvalue weighted by Crippen LogP contribution is 2.71. The standard InChI is InChI=1S/C40H41FN6O4S/c1-23-27(14-42-47(23)22-39-17-37(2)16-38(3,18-39)20-40(51,19-37)21-39)25-9-11-32(44-33(25)35(49)50)46-13-12-24-28(15-46)26(8-10-29(24)41)34(48)45-36-43-30-6-4-5-7-31(30)52-36/h4-11,14,51H,12-13,15-22H2,1-3H3,(H,49,50)(H,43,45,48)/p+1. The van der Waals surface area contributed by atoms with Gasteiger partial charge in [0.15, 0.2) is 16.4 Å². The van der Waals surface area contributed by atoms with Crippen molar-refractivity contribution in [1.29, 1.82) is 0 Å². The van der Waals surface area contributed by atoms with Crippen LogP contribution in [-0.4, -0.2) is 54.0 Å². The van der Waals surface area contributed by atoms with Crippen molar-refractivity contribution in [1.82, 2.24) is 19.7 Å². The number of rotatable bonds is 7. The minimum Gasteiger partial charge on any atom is -0.476 e. The van der Waals surface area contributed by atoms with Gasteiger partial charge in [0.2, 0.25) is 0 Å². The molecule has 5 aromatic rings. The molecule has 4 aliphatic carbocycles. The van der Waals surface area contributed by atoms with Gasteiger partial charge in [0.1, 0.15) is 11.6 Å². The molecule has 4 saturated carbocycles. The maximum atomic E-state index is 15.1. The number of anilines is 2. The van der Waals surface area contributed by atoms with Crippen molar-refractivity contribution in [3.8, 4) is 11.1 Å². The van der Waals surface area contributed by atoms with Crippen molar-refractivity contribution in [2.45, 2.75) is 84.4 Å². The fourth-order valence-electron chi connectivity index (χ4n) is 11.4. The number of nitrogens with one attached hydrogen (secondary N) is 1. The number of aromatic nitrogens is 4. The number of benzene rings is 2. The summed E-state index contributed by atoms with van der Waals surface area (Å²) < 4.78 is 18.1. The normalized spacial score (nSPS) is 27.6. The summed E-state index contributed by atoms with van der Waals surface area (Å²) in [5, 5.41) is 27.9. The Labute approximate surface area is 304 Å². The Bertz CT molecular complexity index is 2230. The highest BCUT2D eigenvalue weighted by molar-refractivity contribution is 7.22. The zero-order chi connectivity index (χ0) is 36.2. The molecule has 4 N–H and O–H groups in total. The lowest BCUT2D eigenvalue weighted by Gasteiger charge is -2.66. The molecule has 10 rings (SSSR count). The van der Waals surface area contributed by atoms with Crippen LogP contribution in [-0.2, 0) is 19.5 Å². The van der Waals surface area contributed by atoms with Gasteiger partial charge >= 0.3 is 5.97 Å². The number of para-hydroxylation sites is 1. The van der Waals surface area contributed by atoms with Crippen LogP contribution in [0.2, 0.25) is 0 Å². The summed E-state index contributed by atoms with van der Waals surface area (Å²) >= 11 is 1.37. The van der Waals surface area contributed by atoms with Gasteiger partial charge in [-0.05, 0) is 96.4 Å². The SMILES string of the molecule is Cc1c(-c2ccc(N3CCc4c(F)ccc(C(=O)Nc5nc6ccccc6s5)c4C3)nc2C(=O)O)cnn1CC12CC3(C)CC(C)(CC([OH2+])(C3)C1)C2. The second-order valence-corrected chi connectivity index (χ2v) is 17.8. The van der Waals surface area contributed by atoms with E-state index in [0.29, 0.717) is 46.2 Å². The maximum absolute atomic E-state index is 15.1. The molecule has 4 heterocycles. The Hall–Kier alpha value is -4.68. The highest BCUT2D eigenvalue weighted by Gasteiger charge is 2.67. The Balaban J connectivity index is 0.987. The van der Waals surface area contributed by atoms with Crippen LogP contribution in [0.5, 0.6) is 0 Å². The molecule has 5 aliphatic rings. The number of carboxylic acid groups (broad SMARTS) is 1. The van der Waals surface area contributed by atoms with Crippen LogP contribution in [0.15, 0.2) is 54.7 Å². The molecular formula is C40H42FN6O4S+. The zero-order valence-electron chi connectivity index (χ0n) is 29.6. The van der Waals surface area contributed by atoms with Crippen molar-refractivity contribution in [3.63, 3.8) is 0 Å². The van der Waals surface area contributed by atoms with E-state index in [9.17, 15) is 19.8 Å². The molecule has 0 spiro atoms. The summed E-state index contributed by atoms with van der Waals surface area (Å²) in [5.41, 5.74) is 4.12. The van der Waals surface area contributed by atoms with E-state index in [1.165, 1.54) is 29.9 Å². The van der Waals surface area contributed by atoms with E-state index in [2.05, 4.69) is 29.1 Å². The van der Waals surface area contributed by atoms with Crippen LogP contribution in [0.4, 0.5) is 15.3 Å². The molecule has 1 amide bonds. The first kappa shape index (κ1) is 33.2. The number of nitrogens with zero attached hydrogens (tertiary/aromatic N) is 5. The van der Waals surface area contributed by atoms with Crippen LogP contribution in [0.25, 0.3) is 21.3 Å². The van der Waals surface area contributed by atoms with E-state index in [-0.39, 0.29) is 45.8 Å². The van der Waals surface area contributed by atoms with E-state index >= 15 is 4.39 Å². The Morgan fingerprint density at radius 1 is 0.962 bits per heavy atom. The molecule has 4 bridgehead atoms. The van der Waals surface area contributed by atoms with E-state index < -0.39 is 5.97 Å². The van der Waals surface area contributed by atoms with Gasteiger partial charge in [-0.1, -0.05) is 37.3 Å². The van der Waals surface area contributed by atoms with Crippen LogP contribution >= 0.6 is 11.3 Å². The predicted octanol–water partition coefficient (Wildman–Crippen LogP) is 7.36. The smallest absolute Gasteiger partial charge is 0.355 e. The van der Waals surface area contributed by atoms with Crippen LogP contribution in [0.1, 0.15) is 90.0 Å². The molecule has 52 heavy (non-hydrogen) atoms. The molecule has 268 valence electrons. The average Bonchev–Trinajstić information content (AvgIpc) is 3.64. The minimum atomic E-state index is -1.15. The van der Waals surface area contributed by atoms with Gasteiger partial charge in [0.25, 0.3) is 5.91 Å². The van der Waals surface area contributed by atoms with Crippen LogP contribution in [0, 0.1) is 29.0 Å². The van der Waals surface area contributed by atoms with Gasteiger partial charge in [-0.15, -0.1) is 0 Å². The van der Waals surface area contributed by atoms with E-state index in [4.69, 9.17) is 5.10 Å². The number of carbonyl (C=O) groups excluding carboxylic acids is 1. The molecule has 3 aromatic heterocycles. The largest absolute Gasteiger partial charge is 0.476 e. The first-order valence-electron chi connectivity index (χ1n) is 18.0. The Kier molecular flexibility index (Phi) is 7.28. The van der Waals surface area contributed by atoms with Crippen molar-refractivity contribution < 1.29 is 24.2 Å². The van der Waals surface area contributed by atoms with Crippen molar-refractivity contribution in [2.75, 3.05) is 16.8 Å². The topological polar surface area (TPSA) is 136 Å². The van der Waals surface area contributed by atoms with E-state index in [0.717, 1.165) is 60.1 Å². The Morgan fingerprint density at radius 3 is 2.46 bits per heavy atom. The van der Waals surface area contributed by atoms with Crippen molar-refractivity contribution in [3.05, 3.63) is 88.6 Å². The van der Waals surface area contributed by atoms with Gasteiger partial charge < -0.3 is 15.1 Å². The fraction of sp³-hybridized carbons (Fsp3) is 0.425. The van der Waals surface area contributed by atoms with Crippen LogP contribution in [0.3, 0.4) is 0 Å². The lowest BCUT2D eigenvalue weighted by Crippen LogP contribution is -2.63. The lowest BCUT2D eigenvalue weighted by molar-refractivity contribution is -0.229. The molecular weight excluding hydrogens is 680 g/mol. The molecule has 0 radical (unpaired) electrons. The molecule has 0 saturated heterocycles. The summed E-state index contributed by atoms with van der Waals surface area (Å²) in [7, 11) is 0. The maximum Gasteiger partial charge on any atom is 0.355 e. The first-order chi connectivity index (χ1) is 24.7. The van der Waals surface area contributed by atoms with Gasteiger partial charge in [-0.3, -0.25) is 14.8 Å². The molecule has 4 fully saturated rings. The van der Waals surface area contributed by atoms with Crippen molar-refractivity contribution in [2.24, 2.45) is 16.2 Å². The molecule has 2 unspecified atom stereocenters. The third-order valence-corrected chi connectivity index (χ3v) is 13.1. The fourth-order valence-corrected chi connectivity index (χ4v) is 12.3. The molecule has 2 aromatic carbocycles. The minimum absolute atomic E-state index is 0.0000409. The Morgan fingerprint density at radius 2 is 1.73 bits per heavy atom. The van der Waals surface area contributed by atoms with Gasteiger partial charge in [0.05, 0.1) is 16.4 Å². The number of halogens is 1. The molecule has 10 nitrogen and oxygen atoms in total. The quantitative estimate of drug-likeness (QED) is 0.168. The van der Waals surface area contributed by atoms with E-state index in [1.807, 2.05) is 40.8 Å². The number of aromatic carboxylic acids is 1. The first-order valence-corrected chi connectivity index (χ1v) is 18.8. The van der Waals surface area contributed by atoms with Crippen LogP contribution < -0.4 is 10.2 Å². The number of carbonyl (C=O) groups is 2. The second kappa shape index (κ2) is 11.4. The average molecular weight is 722 g/mol. The summed E-state index contributed by atoms with van der Waals surface area (Å²) in [5.74, 6) is -1.47. The lowest BCUT2D eigenvalue weighted by atomic mass is 9.39. The monoisotopic (exact) mass is 721 g/mol. The van der Waals surface area contributed by atoms with Gasteiger partial charge in [-0.2, -0.15) is 5.10 Å². The summed E-state index contributed by atoms with van der Waals surface area (Å²) in [6.45, 7) is 8.04. The third kappa shape index (κ3) is 5.49. The highest BCUT2D eigenvalue weighted by atomic mass is 32.1. The molecule has 1 aliphatic heterocycles. The van der Waals surface area contributed by atoms with Crippen molar-refractivity contribution >= 4 is 44.4 Å². The van der Waals surface area contributed by atoms with Gasteiger partial charge in [-0.25, -0.2) is 19.2 Å². The predicted molar refractivity (Wildman–Crippen MR) is 199 cm³/mol. The number of amides is 1. The third-order valence-electron chi connectivity index (χ3n) is 12.1. The number of carboxylic acids is 1. The number of hydrogen-bond donors (Lipinski definition) is 2. The van der Waals surface area contributed by atoms with E-state index in [1.54, 1.807) is 18.3 Å². The number of hydrogen-bond acceptors (Lipinski definition) is 7. The zero-order valence-corrected chi connectivity index (χ0v) is 30.4. The molecule has 12 heteroatoms. The summed E-state index contributed by atoms with van der Waals surface area (Å²) in [6.07, 6.45) is 8.27. The number of fused-ring (bicyclic) bond motifs is 2. The summed E-state index contributed by atoms with van der Waals surface area (Å²) in [4.78, 5) is 37.4. The molecule has 2 atom stereocenters. The second-order valence-electron chi connectivity index (χ2n) is 16.8.